The molecular weight excluding hydrogens is 266 g/mol. The van der Waals surface area contributed by atoms with Crippen LogP contribution in [0.4, 0.5) is 0 Å². The van der Waals surface area contributed by atoms with Crippen LogP contribution in [-0.4, -0.2) is 29.2 Å². The molecule has 20 heavy (non-hydrogen) atoms. The molecule has 0 aliphatic carbocycles. The van der Waals surface area contributed by atoms with Gasteiger partial charge < -0.3 is 4.90 Å². The van der Waals surface area contributed by atoms with E-state index in [0.29, 0.717) is 6.04 Å². The second kappa shape index (κ2) is 6.82. The zero-order valence-electron chi connectivity index (χ0n) is 12.2. The van der Waals surface area contributed by atoms with Gasteiger partial charge in [-0.25, -0.2) is 4.21 Å². The largest absolute Gasteiger partial charge is 0.306 e. The molecule has 106 valence electrons. The maximum absolute atomic E-state index is 12.7. The fourth-order valence-electron chi connectivity index (χ4n) is 2.03. The summed E-state index contributed by atoms with van der Waals surface area (Å²) in [5.74, 6) is 0. The van der Waals surface area contributed by atoms with Gasteiger partial charge in [0.2, 0.25) is 0 Å². The Bertz CT molecular complexity index is 581. The molecule has 2 rings (SSSR count). The monoisotopic (exact) mass is 287 g/mol. The highest BCUT2D eigenvalue weighted by molar-refractivity contribution is 7.85. The van der Waals surface area contributed by atoms with Crippen molar-refractivity contribution < 1.29 is 4.21 Å². The number of hydrogen-bond donors (Lipinski definition) is 0. The summed E-state index contributed by atoms with van der Waals surface area (Å²) in [6.07, 6.45) is 0.905. The second-order valence-electron chi connectivity index (χ2n) is 5.21. The molecule has 0 spiro atoms. The number of rotatable bonds is 5. The molecule has 2 aromatic carbocycles. The first-order valence-corrected chi connectivity index (χ1v) is 7.95. The number of hydrogen-bond acceptors (Lipinski definition) is 2. The molecular formula is C17H21NOS. The first-order chi connectivity index (χ1) is 9.59. The molecule has 0 aliphatic heterocycles. The highest BCUT2D eigenvalue weighted by Gasteiger charge is 2.14. The van der Waals surface area contributed by atoms with E-state index in [2.05, 4.69) is 32.0 Å². The Balaban J connectivity index is 2.31. The maximum Gasteiger partial charge on any atom is 0.0852 e. The van der Waals surface area contributed by atoms with E-state index in [1.54, 1.807) is 0 Å². The van der Waals surface area contributed by atoms with E-state index in [1.807, 2.05) is 48.5 Å². The van der Waals surface area contributed by atoms with Crippen LogP contribution >= 0.6 is 0 Å². The zero-order valence-corrected chi connectivity index (χ0v) is 13.1. The lowest BCUT2D eigenvalue weighted by molar-refractivity contribution is 0.311. The van der Waals surface area contributed by atoms with Crippen molar-refractivity contribution in [2.24, 2.45) is 0 Å². The van der Waals surface area contributed by atoms with Crippen molar-refractivity contribution in [1.82, 2.24) is 4.90 Å². The standard InChI is InChI=1S/C17H21NOS/c1-14(18(2)3)13-15-9-7-8-12-17(15)20(19)16-10-5-4-6-11-16/h4-12,14H,13H2,1-3H3/t14-,20-/m1/s1. The minimum absolute atomic E-state index is 0.420. The molecule has 0 radical (unpaired) electrons. The van der Waals surface area contributed by atoms with Gasteiger partial charge in [-0.15, -0.1) is 0 Å². The van der Waals surface area contributed by atoms with Gasteiger partial charge in [0.1, 0.15) is 0 Å². The van der Waals surface area contributed by atoms with Crippen molar-refractivity contribution in [2.45, 2.75) is 29.2 Å². The Labute approximate surface area is 123 Å². The molecule has 2 atom stereocenters. The minimum atomic E-state index is -1.11. The third-order valence-electron chi connectivity index (χ3n) is 3.53. The normalized spacial score (nSPS) is 14.2. The third-order valence-corrected chi connectivity index (χ3v) is 5.02. The summed E-state index contributed by atoms with van der Waals surface area (Å²) in [6.45, 7) is 2.18. The Kier molecular flexibility index (Phi) is 5.10. The predicted octanol–water partition coefficient (Wildman–Crippen LogP) is 3.35. The van der Waals surface area contributed by atoms with E-state index in [9.17, 15) is 4.21 Å². The number of likely N-dealkylation sites (N-methyl/N-ethyl adjacent to an activating group) is 1. The summed E-state index contributed by atoms with van der Waals surface area (Å²) in [5, 5.41) is 0. The molecule has 0 heterocycles. The molecule has 0 fully saturated rings. The Hall–Kier alpha value is -1.45. The van der Waals surface area contributed by atoms with Crippen molar-refractivity contribution in [2.75, 3.05) is 14.1 Å². The Morgan fingerprint density at radius 3 is 2.25 bits per heavy atom. The minimum Gasteiger partial charge on any atom is -0.306 e. The van der Waals surface area contributed by atoms with E-state index in [4.69, 9.17) is 0 Å². The summed E-state index contributed by atoms with van der Waals surface area (Å²) >= 11 is 0. The fourth-order valence-corrected chi connectivity index (χ4v) is 3.28. The van der Waals surface area contributed by atoms with Crippen LogP contribution < -0.4 is 0 Å². The van der Waals surface area contributed by atoms with Crippen molar-refractivity contribution in [3.63, 3.8) is 0 Å². The molecule has 0 bridgehead atoms. The van der Waals surface area contributed by atoms with Crippen LogP contribution in [0.25, 0.3) is 0 Å². The van der Waals surface area contributed by atoms with Gasteiger partial charge in [-0.05, 0) is 51.2 Å². The van der Waals surface area contributed by atoms with Crippen LogP contribution in [0, 0.1) is 0 Å². The van der Waals surface area contributed by atoms with E-state index in [1.165, 1.54) is 0 Å². The average molecular weight is 287 g/mol. The van der Waals surface area contributed by atoms with Crippen LogP contribution in [0.1, 0.15) is 12.5 Å². The molecule has 0 amide bonds. The lowest BCUT2D eigenvalue weighted by atomic mass is 10.1. The zero-order chi connectivity index (χ0) is 14.5. The van der Waals surface area contributed by atoms with Gasteiger partial charge in [-0.1, -0.05) is 36.4 Å². The lowest BCUT2D eigenvalue weighted by Crippen LogP contribution is -2.27. The lowest BCUT2D eigenvalue weighted by Gasteiger charge is -2.21. The number of benzene rings is 2. The SMILES string of the molecule is C[C@H](Cc1ccccc1[S@](=O)c1ccccc1)N(C)C. The van der Waals surface area contributed by atoms with Crippen molar-refractivity contribution >= 4 is 10.8 Å². The van der Waals surface area contributed by atoms with Crippen molar-refractivity contribution in [1.29, 1.82) is 0 Å². The van der Waals surface area contributed by atoms with Crippen LogP contribution in [0.15, 0.2) is 64.4 Å². The van der Waals surface area contributed by atoms with Gasteiger partial charge >= 0.3 is 0 Å². The van der Waals surface area contributed by atoms with E-state index < -0.39 is 10.8 Å². The van der Waals surface area contributed by atoms with E-state index in [-0.39, 0.29) is 0 Å². The molecule has 0 N–H and O–H groups in total. The predicted molar refractivity (Wildman–Crippen MR) is 84.4 cm³/mol. The highest BCUT2D eigenvalue weighted by Crippen LogP contribution is 2.21. The second-order valence-corrected chi connectivity index (χ2v) is 6.65. The quantitative estimate of drug-likeness (QED) is 0.840. The van der Waals surface area contributed by atoms with Gasteiger partial charge in [-0.2, -0.15) is 0 Å². The van der Waals surface area contributed by atoms with E-state index in [0.717, 1.165) is 21.8 Å². The molecule has 2 nitrogen and oxygen atoms in total. The molecule has 0 saturated carbocycles. The van der Waals surface area contributed by atoms with Crippen LogP contribution in [0.3, 0.4) is 0 Å². The average Bonchev–Trinajstić information content (AvgIpc) is 2.48. The van der Waals surface area contributed by atoms with Crippen LogP contribution in [0.5, 0.6) is 0 Å². The third kappa shape index (κ3) is 3.56. The summed E-state index contributed by atoms with van der Waals surface area (Å²) in [5.41, 5.74) is 1.16. The molecule has 0 unspecified atom stereocenters. The smallest absolute Gasteiger partial charge is 0.0852 e. The van der Waals surface area contributed by atoms with Gasteiger partial charge in [-0.3, -0.25) is 0 Å². The molecule has 0 aromatic heterocycles. The molecule has 3 heteroatoms. The van der Waals surface area contributed by atoms with Gasteiger partial charge in [0.15, 0.2) is 0 Å². The Morgan fingerprint density at radius 2 is 1.60 bits per heavy atom. The first kappa shape index (κ1) is 14.9. The van der Waals surface area contributed by atoms with Crippen molar-refractivity contribution in [3.8, 4) is 0 Å². The summed E-state index contributed by atoms with van der Waals surface area (Å²) < 4.78 is 12.7. The van der Waals surface area contributed by atoms with Crippen molar-refractivity contribution in [3.05, 3.63) is 60.2 Å². The molecule has 0 saturated heterocycles. The van der Waals surface area contributed by atoms with Crippen LogP contribution in [-0.2, 0) is 17.2 Å². The van der Waals surface area contributed by atoms with Crippen LogP contribution in [0.2, 0.25) is 0 Å². The molecule has 2 aromatic rings. The number of nitrogens with zero attached hydrogens (tertiary/aromatic N) is 1. The molecule has 0 aliphatic rings. The van der Waals surface area contributed by atoms with E-state index >= 15 is 0 Å². The first-order valence-electron chi connectivity index (χ1n) is 6.80. The fraction of sp³-hybridized carbons (Fsp3) is 0.294. The highest BCUT2D eigenvalue weighted by atomic mass is 32.2. The Morgan fingerprint density at radius 1 is 1.00 bits per heavy atom. The topological polar surface area (TPSA) is 20.3 Å². The summed E-state index contributed by atoms with van der Waals surface area (Å²) in [6, 6.07) is 18.1. The summed E-state index contributed by atoms with van der Waals surface area (Å²) in [7, 11) is 3.04. The maximum atomic E-state index is 12.7. The van der Waals surface area contributed by atoms with Gasteiger partial charge in [0.25, 0.3) is 0 Å². The van der Waals surface area contributed by atoms with Gasteiger partial charge in [0.05, 0.1) is 10.8 Å². The summed E-state index contributed by atoms with van der Waals surface area (Å²) in [4.78, 5) is 3.97. The van der Waals surface area contributed by atoms with Gasteiger partial charge in [0, 0.05) is 15.8 Å².